The van der Waals surface area contributed by atoms with Gasteiger partial charge in [0, 0.05) is 5.38 Å². The molecule has 2 aromatic heterocycles. The quantitative estimate of drug-likeness (QED) is 0.641. The third-order valence-corrected chi connectivity index (χ3v) is 4.05. The number of anilines is 1. The predicted octanol–water partition coefficient (Wildman–Crippen LogP) is -0.0358. The zero-order valence-electron chi connectivity index (χ0n) is 13.2. The second kappa shape index (κ2) is 6.27. The molecule has 0 aliphatic carbocycles. The van der Waals surface area contributed by atoms with E-state index in [1.54, 1.807) is 0 Å². The molecule has 1 aliphatic rings. The van der Waals surface area contributed by atoms with Crippen molar-refractivity contribution in [2.75, 3.05) is 12.8 Å². The number of fused-ring (bicyclic) bond motifs is 1. The van der Waals surface area contributed by atoms with Gasteiger partial charge in [-0.2, -0.15) is 9.97 Å². The van der Waals surface area contributed by atoms with Gasteiger partial charge in [-0.1, -0.05) is 0 Å². The summed E-state index contributed by atoms with van der Waals surface area (Å²) in [7, 11) is 1.37. The molecule has 1 unspecified atom stereocenters. The van der Waals surface area contributed by atoms with E-state index in [0.717, 1.165) is 0 Å². The molecule has 3 rings (SSSR count). The lowest BCUT2D eigenvalue weighted by atomic mass is 9.95. The number of halogens is 2. The number of ether oxygens (including phenoxy) is 2. The smallest absolute Gasteiger partial charge is 0.246 e. The maximum absolute atomic E-state index is 15.5. The number of nitrogens with two attached hydrogens (primary N) is 1. The Bertz CT molecular complexity index is 866. The number of alkyl halides is 1. The Labute approximate surface area is 146 Å². The van der Waals surface area contributed by atoms with E-state index in [1.807, 2.05) is 5.38 Å². The van der Waals surface area contributed by atoms with Gasteiger partial charge in [-0.25, -0.2) is 9.37 Å². The minimum Gasteiger partial charge on any atom is -0.479 e. The molecule has 2 aromatic rings. The number of aliphatic hydroxyl groups is 2. The zero-order valence-corrected chi connectivity index (χ0v) is 14.0. The molecule has 134 valence electrons. The van der Waals surface area contributed by atoms with Crippen LogP contribution in [0.25, 0.3) is 11.2 Å². The number of rotatable bonds is 3. The van der Waals surface area contributed by atoms with Crippen LogP contribution in [0.2, 0.25) is 0 Å². The summed E-state index contributed by atoms with van der Waals surface area (Å²) in [6, 6.07) is 0. The molecule has 0 bridgehead atoms. The molecule has 25 heavy (non-hydrogen) atoms. The summed E-state index contributed by atoms with van der Waals surface area (Å²) in [5, 5.41) is 21.9. The summed E-state index contributed by atoms with van der Waals surface area (Å²) in [6.45, 7) is 1.36. The third kappa shape index (κ3) is 2.65. The van der Waals surface area contributed by atoms with Crippen molar-refractivity contribution in [2.45, 2.75) is 37.1 Å². The highest BCUT2D eigenvalue weighted by atomic mass is 35.5. The summed E-state index contributed by atoms with van der Waals surface area (Å²) in [6.07, 6.45) is -4.38. The number of methoxy groups -OCH3 is 1. The maximum Gasteiger partial charge on any atom is 0.246 e. The summed E-state index contributed by atoms with van der Waals surface area (Å²) in [5.74, 6) is 2.09. The maximum atomic E-state index is 15.5. The van der Waals surface area contributed by atoms with Crippen molar-refractivity contribution in [3.63, 3.8) is 0 Å². The normalized spacial score (nSPS) is 30.1. The SMILES string of the molecule is COc1nc(N)nc2c1ncn2[C@@H]1O[C@H](C(C)O)[C@@H](O)[C@]1(F)C#CCl. The molecule has 1 aliphatic heterocycles. The topological polar surface area (TPSA) is 129 Å². The van der Waals surface area contributed by atoms with Crippen LogP contribution < -0.4 is 10.5 Å². The lowest BCUT2D eigenvalue weighted by Crippen LogP contribution is -2.44. The van der Waals surface area contributed by atoms with E-state index in [9.17, 15) is 10.2 Å². The van der Waals surface area contributed by atoms with Gasteiger partial charge in [0.15, 0.2) is 17.4 Å². The zero-order chi connectivity index (χ0) is 18.4. The van der Waals surface area contributed by atoms with E-state index < -0.39 is 30.2 Å². The number of aliphatic hydroxyl groups excluding tert-OH is 2. The van der Waals surface area contributed by atoms with Crippen LogP contribution in [-0.2, 0) is 4.74 Å². The molecule has 1 fully saturated rings. The van der Waals surface area contributed by atoms with Crippen LogP contribution in [-0.4, -0.2) is 60.8 Å². The summed E-state index contributed by atoms with van der Waals surface area (Å²) < 4.78 is 27.3. The first kappa shape index (κ1) is 17.6. The predicted molar refractivity (Wildman–Crippen MR) is 85.4 cm³/mol. The highest BCUT2D eigenvalue weighted by molar-refractivity contribution is 6.30. The number of nitrogens with zero attached hydrogens (tertiary/aromatic N) is 4. The fourth-order valence-corrected chi connectivity index (χ4v) is 2.93. The van der Waals surface area contributed by atoms with Crippen molar-refractivity contribution in [1.29, 1.82) is 0 Å². The summed E-state index contributed by atoms with van der Waals surface area (Å²) >= 11 is 5.36. The Morgan fingerprint density at radius 1 is 1.56 bits per heavy atom. The number of hydrogen-bond acceptors (Lipinski definition) is 8. The van der Waals surface area contributed by atoms with Crippen molar-refractivity contribution in [3.8, 4) is 17.2 Å². The molecule has 0 spiro atoms. The number of nitrogen functional groups attached to an aromatic ring is 1. The van der Waals surface area contributed by atoms with Gasteiger partial charge in [0.2, 0.25) is 17.5 Å². The largest absolute Gasteiger partial charge is 0.479 e. The second-order valence-corrected chi connectivity index (χ2v) is 5.73. The van der Waals surface area contributed by atoms with Gasteiger partial charge in [0.1, 0.15) is 12.2 Å². The van der Waals surface area contributed by atoms with E-state index in [1.165, 1.54) is 24.9 Å². The van der Waals surface area contributed by atoms with Gasteiger partial charge < -0.3 is 25.4 Å². The summed E-state index contributed by atoms with van der Waals surface area (Å²) in [4.78, 5) is 12.0. The van der Waals surface area contributed by atoms with Gasteiger partial charge in [0.25, 0.3) is 0 Å². The van der Waals surface area contributed by atoms with Crippen molar-refractivity contribution in [1.82, 2.24) is 19.5 Å². The number of hydrogen-bond donors (Lipinski definition) is 3. The number of aromatic nitrogens is 4. The molecule has 1 saturated heterocycles. The van der Waals surface area contributed by atoms with Crippen molar-refractivity contribution in [3.05, 3.63) is 6.33 Å². The monoisotopic (exact) mass is 371 g/mol. The van der Waals surface area contributed by atoms with E-state index in [-0.39, 0.29) is 23.0 Å². The van der Waals surface area contributed by atoms with E-state index in [4.69, 9.17) is 26.8 Å². The summed E-state index contributed by atoms with van der Waals surface area (Å²) in [5.41, 5.74) is 3.37. The third-order valence-electron chi connectivity index (χ3n) is 3.95. The molecular weight excluding hydrogens is 357 g/mol. The Balaban J connectivity index is 2.18. The molecule has 5 atom stereocenters. The van der Waals surface area contributed by atoms with Crippen LogP contribution in [0.1, 0.15) is 13.2 Å². The molecule has 3 heterocycles. The van der Waals surface area contributed by atoms with E-state index in [0.29, 0.717) is 0 Å². The van der Waals surface area contributed by atoms with Crippen molar-refractivity contribution >= 4 is 28.7 Å². The fourth-order valence-electron chi connectivity index (χ4n) is 2.78. The Hall–Kier alpha value is -2.19. The highest BCUT2D eigenvalue weighted by Crippen LogP contribution is 2.43. The standard InChI is InChI=1S/C14H15ClFN5O4/c1-6(22)8-9(23)14(16,3-4-15)12(25-8)21-5-18-7-10(21)19-13(17)20-11(7)24-2/h5-6,8-9,12,22-23H,1-2H3,(H2,17,19,20)/t6?,8-,9-,12-,14-/m1/s1. The first-order valence-corrected chi connectivity index (χ1v) is 7.58. The van der Waals surface area contributed by atoms with Crippen LogP contribution in [0.5, 0.6) is 5.88 Å². The highest BCUT2D eigenvalue weighted by Gasteiger charge is 2.59. The average Bonchev–Trinajstić information content (AvgIpc) is 3.07. The Morgan fingerprint density at radius 2 is 2.28 bits per heavy atom. The minimum absolute atomic E-state index is 0.0970. The first-order valence-electron chi connectivity index (χ1n) is 7.20. The molecule has 0 aromatic carbocycles. The van der Waals surface area contributed by atoms with Gasteiger partial charge in [-0.05, 0) is 24.4 Å². The van der Waals surface area contributed by atoms with Crippen molar-refractivity contribution in [2.24, 2.45) is 0 Å². The van der Waals surface area contributed by atoms with Crippen LogP contribution >= 0.6 is 11.6 Å². The van der Waals surface area contributed by atoms with Gasteiger partial charge >= 0.3 is 0 Å². The number of imidazole rings is 1. The van der Waals surface area contributed by atoms with Crippen LogP contribution in [0.15, 0.2) is 6.33 Å². The van der Waals surface area contributed by atoms with E-state index in [2.05, 4.69) is 20.9 Å². The van der Waals surface area contributed by atoms with Crippen LogP contribution in [0, 0.1) is 11.3 Å². The fraction of sp³-hybridized carbons (Fsp3) is 0.500. The lowest BCUT2D eigenvalue weighted by Gasteiger charge is -2.23. The average molecular weight is 372 g/mol. The van der Waals surface area contributed by atoms with E-state index >= 15 is 4.39 Å². The first-order chi connectivity index (χ1) is 11.8. The van der Waals surface area contributed by atoms with Crippen molar-refractivity contribution < 1.29 is 24.1 Å². The molecular formula is C14H15ClFN5O4. The van der Waals surface area contributed by atoms with Crippen LogP contribution in [0.3, 0.4) is 0 Å². The minimum atomic E-state index is -2.61. The molecule has 4 N–H and O–H groups in total. The molecule has 0 radical (unpaired) electrons. The van der Waals surface area contributed by atoms with Gasteiger partial charge in [0.05, 0.1) is 19.5 Å². The molecule has 11 heteroatoms. The lowest BCUT2D eigenvalue weighted by molar-refractivity contribution is -0.0776. The molecule has 0 saturated carbocycles. The molecule has 0 amide bonds. The Morgan fingerprint density at radius 3 is 2.88 bits per heavy atom. The second-order valence-electron chi connectivity index (χ2n) is 5.54. The van der Waals surface area contributed by atoms with Gasteiger partial charge in [-0.15, -0.1) is 0 Å². The Kier molecular flexibility index (Phi) is 4.42. The van der Waals surface area contributed by atoms with Gasteiger partial charge in [-0.3, -0.25) is 4.57 Å². The van der Waals surface area contributed by atoms with Crippen LogP contribution in [0.4, 0.5) is 10.3 Å². The molecule has 9 nitrogen and oxygen atoms in total.